The van der Waals surface area contributed by atoms with Crippen molar-refractivity contribution in [2.45, 2.75) is 0 Å². The standard InChI is InChI=1S/C16H6O13/c17-5-1-3(15(25)28-13(1)23)7(19)11(9(5)21)27-12-8(20)4-2(6(18)10(12)22)14(24)29-16(4)26/h17,19,21-23,25H. The van der Waals surface area contributed by atoms with Gasteiger partial charge in [0.1, 0.15) is 21.2 Å². The Hall–Kier alpha value is -4.68. The van der Waals surface area contributed by atoms with Gasteiger partial charge < -0.3 is 44.2 Å². The smallest absolute Gasteiger partial charge is 0.351 e. The summed E-state index contributed by atoms with van der Waals surface area (Å²) < 4.78 is 13.4. The van der Waals surface area contributed by atoms with Crippen LogP contribution >= 0.6 is 0 Å². The number of hydrogen-bond donors (Lipinski definition) is 6. The molecule has 13 heteroatoms. The van der Waals surface area contributed by atoms with Crippen molar-refractivity contribution in [2.24, 2.45) is 0 Å². The Balaban J connectivity index is 2.10. The van der Waals surface area contributed by atoms with E-state index in [2.05, 4.69) is 8.83 Å². The summed E-state index contributed by atoms with van der Waals surface area (Å²) >= 11 is 0. The molecule has 0 saturated carbocycles. The molecule has 0 fully saturated rings. The van der Waals surface area contributed by atoms with Crippen LogP contribution in [0, 0.1) is 10.4 Å². The van der Waals surface area contributed by atoms with Gasteiger partial charge in [0, 0.05) is 0 Å². The van der Waals surface area contributed by atoms with Crippen molar-refractivity contribution in [3.63, 3.8) is 0 Å². The molecule has 13 nitrogen and oxygen atoms in total. The third kappa shape index (κ3) is 2.08. The van der Waals surface area contributed by atoms with E-state index in [1.165, 1.54) is 0 Å². The van der Waals surface area contributed by atoms with E-state index in [9.17, 15) is 49.8 Å². The number of hydrogen-bond acceptors (Lipinski definition) is 13. The van der Waals surface area contributed by atoms with E-state index >= 15 is 0 Å². The zero-order chi connectivity index (χ0) is 21.4. The Morgan fingerprint density at radius 3 is 1.66 bits per heavy atom. The second-order valence-corrected chi connectivity index (χ2v) is 5.70. The highest BCUT2D eigenvalue weighted by Gasteiger charge is 2.31. The second kappa shape index (κ2) is 5.41. The van der Waals surface area contributed by atoms with E-state index < -0.39 is 89.7 Å². The van der Waals surface area contributed by atoms with Crippen LogP contribution in [0.15, 0.2) is 28.0 Å². The molecular formula is C16H6O13. The third-order valence-electron chi connectivity index (χ3n) is 4.14. The Morgan fingerprint density at radius 2 is 1.07 bits per heavy atom. The van der Waals surface area contributed by atoms with Crippen LogP contribution in [-0.4, -0.2) is 30.6 Å². The molecule has 0 atom stereocenters. The first-order valence-electron chi connectivity index (χ1n) is 7.38. The highest BCUT2D eigenvalue weighted by Crippen LogP contribution is 2.56. The van der Waals surface area contributed by atoms with Crippen molar-refractivity contribution in [3.8, 4) is 46.4 Å². The number of phenolic OH excluding ortho intramolecular Hbond substituents is 3. The van der Waals surface area contributed by atoms with Crippen molar-refractivity contribution in [2.75, 3.05) is 0 Å². The van der Waals surface area contributed by atoms with Crippen molar-refractivity contribution >= 4 is 10.8 Å². The van der Waals surface area contributed by atoms with E-state index in [1.807, 2.05) is 0 Å². The summed E-state index contributed by atoms with van der Waals surface area (Å²) in [7, 11) is 0. The molecule has 0 saturated heterocycles. The molecule has 0 unspecified atom stereocenters. The first kappa shape index (κ1) is 17.7. The van der Waals surface area contributed by atoms with Gasteiger partial charge >= 0.3 is 11.3 Å². The summed E-state index contributed by atoms with van der Waals surface area (Å²) in [5, 5.41) is 55.8. The number of phenols is 3. The molecule has 2 heterocycles. The first-order chi connectivity index (χ1) is 13.6. The fourth-order valence-corrected chi connectivity index (χ4v) is 2.84. The van der Waals surface area contributed by atoms with Crippen LogP contribution in [0.3, 0.4) is 0 Å². The average Bonchev–Trinajstić information content (AvgIpc) is 3.12. The van der Waals surface area contributed by atoms with E-state index in [0.717, 1.165) is 0 Å². The molecule has 4 rings (SSSR count). The van der Waals surface area contributed by atoms with Gasteiger partial charge in [0.15, 0.2) is 11.5 Å². The maximum Gasteiger partial charge on any atom is 0.351 e. The molecule has 0 bridgehead atoms. The third-order valence-corrected chi connectivity index (χ3v) is 4.14. The van der Waals surface area contributed by atoms with Crippen LogP contribution in [0.5, 0.6) is 46.4 Å². The van der Waals surface area contributed by atoms with E-state index in [0.29, 0.717) is 0 Å². The van der Waals surface area contributed by atoms with E-state index in [4.69, 9.17) is 4.74 Å². The minimum Gasteiger partial charge on any atom is -0.504 e. The maximum absolute atomic E-state index is 12.4. The van der Waals surface area contributed by atoms with E-state index in [-0.39, 0.29) is 0 Å². The topological polar surface area (TPSA) is 225 Å². The zero-order valence-electron chi connectivity index (χ0n) is 13.5. The van der Waals surface area contributed by atoms with Gasteiger partial charge in [0.2, 0.25) is 33.9 Å². The molecule has 1 aromatic heterocycles. The van der Waals surface area contributed by atoms with Crippen LogP contribution in [0.4, 0.5) is 0 Å². The summed E-state index contributed by atoms with van der Waals surface area (Å²) in [5.41, 5.74) is -5.94. The fourth-order valence-electron chi connectivity index (χ4n) is 2.84. The molecule has 0 spiro atoms. The lowest BCUT2D eigenvalue weighted by Crippen LogP contribution is -2.21. The lowest BCUT2D eigenvalue weighted by Gasteiger charge is -2.11. The molecule has 6 N–H and O–H groups in total. The van der Waals surface area contributed by atoms with Crippen molar-refractivity contribution in [1.29, 1.82) is 0 Å². The molecule has 1 aromatic carbocycles. The van der Waals surface area contributed by atoms with Gasteiger partial charge in [-0.05, 0) is 0 Å². The summed E-state index contributed by atoms with van der Waals surface area (Å²) in [5.74, 6) is -9.75. The maximum atomic E-state index is 12.4. The Labute approximate surface area is 154 Å². The molecule has 1 aliphatic carbocycles. The largest absolute Gasteiger partial charge is 0.504 e. The number of rotatable bonds is 2. The Bertz CT molecular complexity index is 1610. The van der Waals surface area contributed by atoms with Gasteiger partial charge in [0.05, 0.1) is 0 Å². The van der Waals surface area contributed by atoms with Gasteiger partial charge in [-0.25, -0.2) is 9.59 Å². The lowest BCUT2D eigenvalue weighted by atomic mass is 10.1. The highest BCUT2D eigenvalue weighted by molar-refractivity contribution is 6.03. The molecule has 0 amide bonds. The predicted molar refractivity (Wildman–Crippen MR) is 87.7 cm³/mol. The lowest BCUT2D eigenvalue weighted by molar-refractivity contribution is 0.269. The Morgan fingerprint density at radius 1 is 0.552 bits per heavy atom. The summed E-state index contributed by atoms with van der Waals surface area (Å²) in [6, 6.07) is 0. The second-order valence-electron chi connectivity index (χ2n) is 5.70. The van der Waals surface area contributed by atoms with Crippen LogP contribution < -0.4 is 26.8 Å². The molecular weight excluding hydrogens is 400 g/mol. The van der Waals surface area contributed by atoms with Crippen LogP contribution in [0.1, 0.15) is 0 Å². The number of ether oxygens (including phenoxy) is 1. The Kier molecular flexibility index (Phi) is 3.31. The summed E-state index contributed by atoms with van der Waals surface area (Å²) in [6.07, 6.45) is 0. The summed E-state index contributed by atoms with van der Waals surface area (Å²) in [4.78, 5) is 47.7. The quantitative estimate of drug-likeness (QED) is 0.175. The van der Waals surface area contributed by atoms with Crippen molar-refractivity contribution in [3.05, 3.63) is 51.7 Å². The fraction of sp³-hybridized carbons (Fsp3) is 0. The molecule has 148 valence electrons. The number of benzene rings is 1. The van der Waals surface area contributed by atoms with Gasteiger partial charge in [0.25, 0.3) is 11.9 Å². The molecule has 2 aromatic rings. The minimum atomic E-state index is -1.50. The van der Waals surface area contributed by atoms with Gasteiger partial charge in [-0.2, -0.15) is 0 Å². The number of aromatic hydroxyl groups is 6. The monoisotopic (exact) mass is 406 g/mol. The van der Waals surface area contributed by atoms with Crippen molar-refractivity contribution < 1.29 is 44.2 Å². The average molecular weight is 406 g/mol. The van der Waals surface area contributed by atoms with Gasteiger partial charge in [-0.3, -0.25) is 9.59 Å². The minimum absolute atomic E-state index is 0.718. The normalized spacial score (nSPS) is 11.4. The number of furan rings is 1. The molecule has 29 heavy (non-hydrogen) atoms. The van der Waals surface area contributed by atoms with Crippen LogP contribution in [-0.2, 0) is 0 Å². The highest BCUT2D eigenvalue weighted by atomic mass is 16.5. The molecule has 1 aliphatic heterocycles. The zero-order valence-corrected chi connectivity index (χ0v) is 13.5. The summed E-state index contributed by atoms with van der Waals surface area (Å²) in [6.45, 7) is 0. The number of fused-ring (bicyclic) bond motifs is 1. The molecule has 0 radical (unpaired) electrons. The van der Waals surface area contributed by atoms with Crippen LogP contribution in [0.2, 0.25) is 0 Å². The first-order valence-corrected chi connectivity index (χ1v) is 7.38. The SMILES string of the molecule is O=c1oc(=O)c2c(=O)c(Oc3c(O)c(O)c4c(O)oc(O)c4c3O)c(O)c(=O)c1=2. The van der Waals surface area contributed by atoms with E-state index in [1.54, 1.807) is 0 Å². The van der Waals surface area contributed by atoms with Crippen LogP contribution in [0.25, 0.3) is 10.8 Å². The molecule has 2 aliphatic rings. The van der Waals surface area contributed by atoms with Gasteiger partial charge in [-0.1, -0.05) is 0 Å². The van der Waals surface area contributed by atoms with Gasteiger partial charge in [-0.15, -0.1) is 0 Å². The predicted octanol–water partition coefficient (Wildman–Crippen LogP) is -0.907. The van der Waals surface area contributed by atoms with Crippen molar-refractivity contribution in [1.82, 2.24) is 0 Å².